The normalized spacial score (nSPS) is 13.1. The van der Waals surface area contributed by atoms with Gasteiger partial charge in [0.15, 0.2) is 6.10 Å². The van der Waals surface area contributed by atoms with Gasteiger partial charge in [-0.1, -0.05) is 238 Å². The molecule has 0 rings (SSSR count). The topological polar surface area (TPSA) is 78.9 Å². The van der Waals surface area contributed by atoms with E-state index in [4.69, 9.17) is 14.2 Å². The lowest BCUT2D eigenvalue weighted by molar-refractivity contribution is -0.166. The van der Waals surface area contributed by atoms with Gasteiger partial charge in [0.1, 0.15) is 13.2 Å². The summed E-state index contributed by atoms with van der Waals surface area (Å²) < 4.78 is 16.7. The van der Waals surface area contributed by atoms with E-state index >= 15 is 0 Å². The van der Waals surface area contributed by atoms with Gasteiger partial charge in [-0.15, -0.1) is 0 Å². The molecule has 0 radical (unpaired) electrons. The maximum absolute atomic E-state index is 12.8. The van der Waals surface area contributed by atoms with Crippen LogP contribution in [-0.4, -0.2) is 37.2 Å². The lowest BCUT2D eigenvalue weighted by Crippen LogP contribution is -2.30. The fourth-order valence-electron chi connectivity index (χ4n) is 7.10. The Hall–Kier alpha value is -4.45. The molecule has 0 saturated heterocycles. The molecule has 0 aromatic rings. The SMILES string of the molecule is CC\C=C/C=C\C=C/CCCCCCCC(=O)OCC(COC(=O)CC/C=C\C/C=C\C/C=C\C/C=C\C/C=C\C/C=C\CC)OC(=O)CCCCCCCCCCCC/C=C\C=C/CCCCC. The minimum atomic E-state index is -0.824. The van der Waals surface area contributed by atoms with Crippen molar-refractivity contribution in [1.29, 1.82) is 0 Å². The predicted octanol–water partition coefficient (Wildman–Crippen LogP) is 18.6. The number of ether oxygens (including phenoxy) is 3. The van der Waals surface area contributed by atoms with Crippen LogP contribution in [0.5, 0.6) is 0 Å². The summed E-state index contributed by atoms with van der Waals surface area (Å²) in [6.07, 6.45) is 78.8. The number of carbonyl (C=O) groups excluding carboxylic acids is 3. The summed E-state index contributed by atoms with van der Waals surface area (Å²) in [7, 11) is 0. The van der Waals surface area contributed by atoms with Crippen molar-refractivity contribution in [3.8, 4) is 0 Å². The fraction of sp³-hybridized carbons (Fsp3) is 0.603. The monoisotopic (exact) mass is 953 g/mol. The van der Waals surface area contributed by atoms with Crippen LogP contribution >= 0.6 is 0 Å². The van der Waals surface area contributed by atoms with Crippen LogP contribution in [0.2, 0.25) is 0 Å². The van der Waals surface area contributed by atoms with Gasteiger partial charge >= 0.3 is 17.9 Å². The van der Waals surface area contributed by atoms with Gasteiger partial charge < -0.3 is 14.2 Å². The second kappa shape index (κ2) is 56.1. The van der Waals surface area contributed by atoms with Crippen molar-refractivity contribution in [2.24, 2.45) is 0 Å². The van der Waals surface area contributed by atoms with E-state index in [0.29, 0.717) is 19.3 Å². The van der Waals surface area contributed by atoms with E-state index in [-0.39, 0.29) is 37.5 Å². The molecule has 0 bridgehead atoms. The number of hydrogen-bond donors (Lipinski definition) is 0. The first kappa shape index (κ1) is 64.5. The molecule has 0 amide bonds. The minimum Gasteiger partial charge on any atom is -0.462 e. The lowest BCUT2D eigenvalue weighted by Gasteiger charge is -2.18. The zero-order valence-electron chi connectivity index (χ0n) is 44.3. The Bertz CT molecular complexity index is 1510. The third kappa shape index (κ3) is 54.4. The summed E-state index contributed by atoms with van der Waals surface area (Å²) in [5.74, 6) is -1.03. The van der Waals surface area contributed by atoms with Gasteiger partial charge in [-0.2, -0.15) is 0 Å². The molecule has 0 heterocycles. The summed E-state index contributed by atoms with van der Waals surface area (Å²) in [5, 5.41) is 0. The van der Waals surface area contributed by atoms with E-state index in [9.17, 15) is 14.4 Å². The molecule has 1 unspecified atom stereocenters. The second-order valence-corrected chi connectivity index (χ2v) is 17.8. The molecular formula is C63H100O6. The highest BCUT2D eigenvalue weighted by molar-refractivity contribution is 5.71. The van der Waals surface area contributed by atoms with Crippen molar-refractivity contribution in [2.45, 2.75) is 232 Å². The van der Waals surface area contributed by atoms with Crippen molar-refractivity contribution in [3.05, 3.63) is 134 Å². The van der Waals surface area contributed by atoms with Crippen LogP contribution in [0.4, 0.5) is 0 Å². The minimum absolute atomic E-state index is 0.118. The van der Waals surface area contributed by atoms with E-state index in [1.807, 2.05) is 12.2 Å². The smallest absolute Gasteiger partial charge is 0.306 e. The standard InChI is InChI=1S/C63H100O6/c1-4-7-10-13-16-19-22-25-27-29-31-33-35-38-41-44-47-50-53-56-62(65)68-59-60(58-67-61(64)55-52-49-46-43-40-37-24-21-18-15-12-9-6-3)69-63(66)57-54-51-48-45-42-39-36-34-32-30-28-26-23-20-17-14-11-8-5-2/h7,9-10,12,15-21,23-27,31,33,38,41,47,50,60H,4-6,8,11,13-14,22,28-30,32,34-37,39-40,42-46,48-49,51-59H2,1-3H3/b10-7-,12-9-,18-15-,19-16-,20-17-,24-21-,26-23-,27-25-,33-31-,41-38-,50-47-. The van der Waals surface area contributed by atoms with Crippen LogP contribution < -0.4 is 0 Å². The number of rotatable bonds is 48. The Morgan fingerprint density at radius 2 is 0.667 bits per heavy atom. The van der Waals surface area contributed by atoms with Crippen LogP contribution in [0.3, 0.4) is 0 Å². The van der Waals surface area contributed by atoms with Crippen molar-refractivity contribution in [1.82, 2.24) is 0 Å². The van der Waals surface area contributed by atoms with Gasteiger partial charge in [0, 0.05) is 19.3 Å². The summed E-state index contributed by atoms with van der Waals surface area (Å²) in [5.41, 5.74) is 0. The highest BCUT2D eigenvalue weighted by Gasteiger charge is 2.19. The zero-order valence-corrected chi connectivity index (χ0v) is 44.3. The number of hydrogen-bond acceptors (Lipinski definition) is 6. The molecule has 0 aliphatic carbocycles. The summed E-state index contributed by atoms with van der Waals surface area (Å²) in [6, 6.07) is 0. The van der Waals surface area contributed by atoms with Gasteiger partial charge in [-0.05, 0) is 103 Å². The second-order valence-electron chi connectivity index (χ2n) is 17.8. The van der Waals surface area contributed by atoms with Crippen molar-refractivity contribution >= 4 is 17.9 Å². The molecule has 0 aromatic carbocycles. The summed E-state index contributed by atoms with van der Waals surface area (Å²) in [6.45, 7) is 6.27. The average molecular weight is 953 g/mol. The molecule has 0 saturated carbocycles. The first-order chi connectivity index (χ1) is 34.0. The predicted molar refractivity (Wildman–Crippen MR) is 297 cm³/mol. The Morgan fingerprint density at radius 1 is 0.319 bits per heavy atom. The molecule has 388 valence electrons. The Labute approximate surface area is 424 Å². The highest BCUT2D eigenvalue weighted by atomic mass is 16.6. The molecule has 6 heteroatoms. The molecule has 0 aliphatic heterocycles. The first-order valence-corrected chi connectivity index (χ1v) is 27.7. The molecule has 0 N–H and O–H groups in total. The van der Waals surface area contributed by atoms with E-state index in [0.717, 1.165) is 103 Å². The molecule has 69 heavy (non-hydrogen) atoms. The fourth-order valence-corrected chi connectivity index (χ4v) is 7.10. The van der Waals surface area contributed by atoms with Gasteiger partial charge in [-0.3, -0.25) is 14.4 Å². The Morgan fingerprint density at radius 3 is 1.12 bits per heavy atom. The van der Waals surface area contributed by atoms with Crippen LogP contribution in [0.25, 0.3) is 0 Å². The maximum atomic E-state index is 12.8. The zero-order chi connectivity index (χ0) is 50.0. The van der Waals surface area contributed by atoms with Gasteiger partial charge in [0.05, 0.1) is 0 Å². The molecule has 6 nitrogen and oxygen atoms in total. The summed E-state index contributed by atoms with van der Waals surface area (Å²) in [4.78, 5) is 38.1. The van der Waals surface area contributed by atoms with Crippen LogP contribution in [0.15, 0.2) is 134 Å². The third-order valence-corrected chi connectivity index (χ3v) is 11.2. The average Bonchev–Trinajstić information content (AvgIpc) is 3.35. The molecule has 0 aliphatic rings. The van der Waals surface area contributed by atoms with E-state index in [1.165, 1.54) is 77.0 Å². The quantitative estimate of drug-likeness (QED) is 0.0199. The number of carbonyl (C=O) groups is 3. The lowest BCUT2D eigenvalue weighted by atomic mass is 10.1. The number of esters is 3. The van der Waals surface area contributed by atoms with Crippen molar-refractivity contribution in [3.63, 3.8) is 0 Å². The molecular weight excluding hydrogens is 853 g/mol. The van der Waals surface area contributed by atoms with E-state index in [2.05, 4.69) is 142 Å². The van der Waals surface area contributed by atoms with Crippen molar-refractivity contribution in [2.75, 3.05) is 13.2 Å². The van der Waals surface area contributed by atoms with E-state index < -0.39 is 6.10 Å². The molecule has 1 atom stereocenters. The van der Waals surface area contributed by atoms with Gasteiger partial charge in [0.2, 0.25) is 0 Å². The molecule has 0 aromatic heterocycles. The van der Waals surface area contributed by atoms with Crippen LogP contribution in [0, 0.1) is 0 Å². The Kier molecular flexibility index (Phi) is 52.5. The van der Waals surface area contributed by atoms with Gasteiger partial charge in [-0.25, -0.2) is 0 Å². The van der Waals surface area contributed by atoms with Gasteiger partial charge in [0.25, 0.3) is 0 Å². The molecule has 0 fully saturated rings. The largest absolute Gasteiger partial charge is 0.462 e. The van der Waals surface area contributed by atoms with E-state index in [1.54, 1.807) is 0 Å². The number of unbranched alkanes of at least 4 members (excludes halogenated alkanes) is 18. The molecule has 0 spiro atoms. The summed E-state index contributed by atoms with van der Waals surface area (Å²) >= 11 is 0. The van der Waals surface area contributed by atoms with Crippen molar-refractivity contribution < 1.29 is 28.6 Å². The van der Waals surface area contributed by atoms with Crippen LogP contribution in [-0.2, 0) is 28.6 Å². The Balaban J connectivity index is 4.53. The highest BCUT2D eigenvalue weighted by Crippen LogP contribution is 2.14. The number of allylic oxidation sites excluding steroid dienone is 22. The van der Waals surface area contributed by atoms with Crippen LogP contribution in [0.1, 0.15) is 226 Å². The maximum Gasteiger partial charge on any atom is 0.306 e. The first-order valence-electron chi connectivity index (χ1n) is 27.7. The third-order valence-electron chi connectivity index (χ3n) is 11.2.